The first-order valence-electron chi connectivity index (χ1n) is 5.51. The Labute approximate surface area is 95.9 Å². The normalized spacial score (nSPS) is 12.8. The molecule has 0 heterocycles. The van der Waals surface area contributed by atoms with Crippen molar-refractivity contribution in [1.82, 2.24) is 5.32 Å². The third kappa shape index (κ3) is 2.89. The average molecular weight is 223 g/mol. The zero-order valence-electron chi connectivity index (χ0n) is 9.96. The van der Waals surface area contributed by atoms with Crippen molar-refractivity contribution in [3.05, 3.63) is 35.6 Å². The molecule has 2 nitrogen and oxygen atoms in total. The zero-order valence-corrected chi connectivity index (χ0v) is 9.96. The highest BCUT2D eigenvalue weighted by Crippen LogP contribution is 2.18. The van der Waals surface area contributed by atoms with E-state index in [-0.39, 0.29) is 23.2 Å². The van der Waals surface area contributed by atoms with E-state index >= 15 is 0 Å². The molecule has 1 unspecified atom stereocenters. The summed E-state index contributed by atoms with van der Waals surface area (Å²) in [4.78, 5) is 12.1. The Kier molecular flexibility index (Phi) is 4.62. The second-order valence-corrected chi connectivity index (χ2v) is 4.25. The van der Waals surface area contributed by atoms with Crippen molar-refractivity contribution in [2.75, 3.05) is 13.6 Å². The van der Waals surface area contributed by atoms with Crippen molar-refractivity contribution in [3.8, 4) is 0 Å². The Hall–Kier alpha value is -1.22. The minimum Gasteiger partial charge on any atom is -0.319 e. The first-order valence-corrected chi connectivity index (χ1v) is 5.51. The monoisotopic (exact) mass is 223 g/mol. The molecule has 88 valence electrons. The molecule has 1 aromatic rings. The summed E-state index contributed by atoms with van der Waals surface area (Å²) in [5.41, 5.74) is 0.191. The predicted molar refractivity (Wildman–Crippen MR) is 63.0 cm³/mol. The molecule has 1 aromatic carbocycles. The molecule has 3 heteroatoms. The molecular weight excluding hydrogens is 205 g/mol. The smallest absolute Gasteiger partial charge is 0.170 e. The molecule has 1 rings (SSSR count). The largest absolute Gasteiger partial charge is 0.319 e. The van der Waals surface area contributed by atoms with Crippen molar-refractivity contribution >= 4 is 5.78 Å². The van der Waals surface area contributed by atoms with Crippen LogP contribution in [0.25, 0.3) is 0 Å². The van der Waals surface area contributed by atoms with E-state index in [2.05, 4.69) is 5.32 Å². The van der Waals surface area contributed by atoms with Gasteiger partial charge in [0.2, 0.25) is 0 Å². The number of benzene rings is 1. The number of rotatable bonds is 5. The first kappa shape index (κ1) is 12.8. The summed E-state index contributed by atoms with van der Waals surface area (Å²) in [7, 11) is 1.80. The van der Waals surface area contributed by atoms with E-state index in [1.807, 2.05) is 13.8 Å². The fourth-order valence-corrected chi connectivity index (χ4v) is 1.71. The van der Waals surface area contributed by atoms with Crippen LogP contribution in [0.1, 0.15) is 24.2 Å². The summed E-state index contributed by atoms with van der Waals surface area (Å²) in [6, 6.07) is 6.15. The maximum Gasteiger partial charge on any atom is 0.170 e. The van der Waals surface area contributed by atoms with Gasteiger partial charge >= 0.3 is 0 Å². The van der Waals surface area contributed by atoms with Gasteiger partial charge in [-0.05, 0) is 25.1 Å². The van der Waals surface area contributed by atoms with Gasteiger partial charge in [-0.1, -0.05) is 26.0 Å². The highest BCUT2D eigenvalue weighted by Gasteiger charge is 2.24. The molecular formula is C13H18FNO. The fraction of sp³-hybridized carbons (Fsp3) is 0.462. The number of Topliss-reactive ketones (excluding diaryl/α,β-unsaturated/α-hetero) is 1. The minimum absolute atomic E-state index is 0.123. The summed E-state index contributed by atoms with van der Waals surface area (Å²) in [5, 5.41) is 2.98. The van der Waals surface area contributed by atoms with Gasteiger partial charge in [0.25, 0.3) is 0 Å². The first-order chi connectivity index (χ1) is 7.57. The van der Waals surface area contributed by atoms with E-state index in [0.29, 0.717) is 6.54 Å². The molecule has 16 heavy (non-hydrogen) atoms. The van der Waals surface area contributed by atoms with Crippen molar-refractivity contribution in [2.45, 2.75) is 13.8 Å². The third-order valence-corrected chi connectivity index (χ3v) is 2.70. The van der Waals surface area contributed by atoms with E-state index in [9.17, 15) is 9.18 Å². The lowest BCUT2D eigenvalue weighted by atomic mass is 9.87. The van der Waals surface area contributed by atoms with Crippen LogP contribution in [0, 0.1) is 17.7 Å². The minimum atomic E-state index is -0.436. The van der Waals surface area contributed by atoms with Crippen LogP contribution in [0.2, 0.25) is 0 Å². The van der Waals surface area contributed by atoms with Crippen LogP contribution in [-0.2, 0) is 0 Å². The maximum absolute atomic E-state index is 13.5. The molecule has 1 N–H and O–H groups in total. The number of hydrogen-bond acceptors (Lipinski definition) is 2. The number of carbonyl (C=O) groups excluding carboxylic acids is 1. The van der Waals surface area contributed by atoms with Crippen LogP contribution in [0.5, 0.6) is 0 Å². The number of nitrogens with one attached hydrogen (secondary N) is 1. The molecule has 0 spiro atoms. The summed E-state index contributed by atoms with van der Waals surface area (Å²) < 4.78 is 13.5. The Balaban J connectivity index is 2.95. The standard InChI is InChI=1S/C13H18FNO/c1-9(2)11(8-15-3)13(16)10-6-4-5-7-12(10)14/h4-7,9,11,15H,8H2,1-3H3. The van der Waals surface area contributed by atoms with Gasteiger partial charge in [0.05, 0.1) is 5.56 Å². The van der Waals surface area contributed by atoms with Crippen molar-refractivity contribution in [3.63, 3.8) is 0 Å². The molecule has 0 bridgehead atoms. The second-order valence-electron chi connectivity index (χ2n) is 4.25. The zero-order chi connectivity index (χ0) is 12.1. The van der Waals surface area contributed by atoms with Gasteiger partial charge in [-0.15, -0.1) is 0 Å². The van der Waals surface area contributed by atoms with Crippen LogP contribution in [0.15, 0.2) is 24.3 Å². The van der Waals surface area contributed by atoms with Gasteiger partial charge in [-0.2, -0.15) is 0 Å². The van der Waals surface area contributed by atoms with E-state index in [0.717, 1.165) is 0 Å². The highest BCUT2D eigenvalue weighted by atomic mass is 19.1. The predicted octanol–water partition coefficient (Wildman–Crippen LogP) is 2.50. The average Bonchev–Trinajstić information content (AvgIpc) is 2.25. The van der Waals surface area contributed by atoms with Crippen LogP contribution in [0.3, 0.4) is 0 Å². The molecule has 0 aromatic heterocycles. The molecule has 1 atom stereocenters. The van der Waals surface area contributed by atoms with E-state index in [4.69, 9.17) is 0 Å². The van der Waals surface area contributed by atoms with Gasteiger partial charge in [0, 0.05) is 12.5 Å². The molecule has 0 aliphatic heterocycles. The molecule has 0 aliphatic carbocycles. The van der Waals surface area contributed by atoms with Gasteiger partial charge in [-0.3, -0.25) is 4.79 Å². The van der Waals surface area contributed by atoms with Gasteiger partial charge < -0.3 is 5.32 Å². The van der Waals surface area contributed by atoms with Crippen molar-refractivity contribution in [1.29, 1.82) is 0 Å². The number of ketones is 1. The molecule has 0 saturated heterocycles. The Morgan fingerprint density at radius 3 is 2.50 bits per heavy atom. The van der Waals surface area contributed by atoms with Crippen molar-refractivity contribution in [2.24, 2.45) is 11.8 Å². The Morgan fingerprint density at radius 2 is 2.00 bits per heavy atom. The maximum atomic E-state index is 13.5. The molecule has 0 fully saturated rings. The lowest BCUT2D eigenvalue weighted by Crippen LogP contribution is -2.30. The SMILES string of the molecule is CNCC(C(=O)c1ccccc1F)C(C)C. The summed E-state index contributed by atoms with van der Waals surface area (Å²) in [6.45, 7) is 4.52. The molecule has 0 radical (unpaired) electrons. The molecule has 0 saturated carbocycles. The lowest BCUT2D eigenvalue weighted by Gasteiger charge is -2.19. The third-order valence-electron chi connectivity index (χ3n) is 2.70. The lowest BCUT2D eigenvalue weighted by molar-refractivity contribution is 0.0882. The van der Waals surface area contributed by atoms with E-state index < -0.39 is 5.82 Å². The molecule has 0 amide bonds. The number of hydrogen-bond donors (Lipinski definition) is 1. The quantitative estimate of drug-likeness (QED) is 0.777. The van der Waals surface area contributed by atoms with Crippen molar-refractivity contribution < 1.29 is 9.18 Å². The van der Waals surface area contributed by atoms with Crippen LogP contribution in [-0.4, -0.2) is 19.4 Å². The van der Waals surface area contributed by atoms with Gasteiger partial charge in [0.15, 0.2) is 5.78 Å². The van der Waals surface area contributed by atoms with E-state index in [1.54, 1.807) is 25.2 Å². The summed E-state index contributed by atoms with van der Waals surface area (Å²) in [5.74, 6) is -0.543. The Morgan fingerprint density at radius 1 is 1.38 bits per heavy atom. The van der Waals surface area contributed by atoms with E-state index in [1.165, 1.54) is 6.07 Å². The molecule has 0 aliphatic rings. The fourth-order valence-electron chi connectivity index (χ4n) is 1.71. The topological polar surface area (TPSA) is 29.1 Å². The Bertz CT molecular complexity index is 363. The number of carbonyl (C=O) groups is 1. The van der Waals surface area contributed by atoms with Crippen LogP contribution < -0.4 is 5.32 Å². The van der Waals surface area contributed by atoms with Gasteiger partial charge in [0.1, 0.15) is 5.82 Å². The highest BCUT2D eigenvalue weighted by molar-refractivity contribution is 5.98. The number of halogens is 1. The second kappa shape index (κ2) is 5.75. The van der Waals surface area contributed by atoms with Crippen LogP contribution >= 0.6 is 0 Å². The van der Waals surface area contributed by atoms with Gasteiger partial charge in [-0.25, -0.2) is 4.39 Å². The van der Waals surface area contributed by atoms with Crippen LogP contribution in [0.4, 0.5) is 4.39 Å². The summed E-state index contributed by atoms with van der Waals surface area (Å²) >= 11 is 0. The summed E-state index contributed by atoms with van der Waals surface area (Å²) in [6.07, 6.45) is 0.